The highest BCUT2D eigenvalue weighted by atomic mass is 16.3. The SMILES string of the molecule is C=C(C)CCC(O)=Cc1nc2ccccc2[nH]c1=O. The zero-order valence-electron chi connectivity index (χ0n) is 10.8. The first-order valence-electron chi connectivity index (χ1n) is 6.09. The number of nitrogens with zero attached hydrogens (tertiary/aromatic N) is 1. The molecule has 2 N–H and O–H groups in total. The lowest BCUT2D eigenvalue weighted by atomic mass is 10.1. The van der Waals surface area contributed by atoms with Gasteiger partial charge in [-0.2, -0.15) is 0 Å². The molecule has 0 fully saturated rings. The van der Waals surface area contributed by atoms with E-state index >= 15 is 0 Å². The molecule has 1 aromatic carbocycles. The van der Waals surface area contributed by atoms with E-state index in [1.165, 1.54) is 6.08 Å². The summed E-state index contributed by atoms with van der Waals surface area (Å²) in [5.41, 5.74) is 2.28. The van der Waals surface area contributed by atoms with E-state index in [2.05, 4.69) is 16.5 Å². The van der Waals surface area contributed by atoms with Gasteiger partial charge in [0.1, 0.15) is 5.69 Å². The Hall–Kier alpha value is -2.36. The van der Waals surface area contributed by atoms with Crippen LogP contribution in [0, 0.1) is 0 Å². The van der Waals surface area contributed by atoms with Crippen molar-refractivity contribution >= 4 is 17.1 Å². The summed E-state index contributed by atoms with van der Waals surface area (Å²) in [5, 5.41) is 9.78. The van der Waals surface area contributed by atoms with Crippen LogP contribution < -0.4 is 5.56 Å². The predicted octanol–water partition coefficient (Wildman–Crippen LogP) is 3.18. The Morgan fingerprint density at radius 1 is 1.42 bits per heavy atom. The number of H-pyrrole nitrogens is 1. The average molecular weight is 256 g/mol. The van der Waals surface area contributed by atoms with Crippen molar-refractivity contribution in [2.45, 2.75) is 19.8 Å². The van der Waals surface area contributed by atoms with Gasteiger partial charge in [-0.25, -0.2) is 4.98 Å². The van der Waals surface area contributed by atoms with Crippen LogP contribution >= 0.6 is 0 Å². The third kappa shape index (κ3) is 3.31. The van der Waals surface area contributed by atoms with Gasteiger partial charge in [0.2, 0.25) is 0 Å². The van der Waals surface area contributed by atoms with Crippen molar-refractivity contribution in [2.75, 3.05) is 0 Å². The van der Waals surface area contributed by atoms with Crippen LogP contribution in [0.5, 0.6) is 0 Å². The van der Waals surface area contributed by atoms with Crippen LogP contribution in [0.1, 0.15) is 25.5 Å². The van der Waals surface area contributed by atoms with Gasteiger partial charge in [-0.1, -0.05) is 17.7 Å². The highest BCUT2D eigenvalue weighted by molar-refractivity contribution is 5.74. The summed E-state index contributed by atoms with van der Waals surface area (Å²) in [4.78, 5) is 18.8. The fraction of sp³-hybridized carbons (Fsp3) is 0.200. The van der Waals surface area contributed by atoms with Gasteiger partial charge in [-0.3, -0.25) is 4.79 Å². The van der Waals surface area contributed by atoms with Gasteiger partial charge >= 0.3 is 0 Å². The minimum atomic E-state index is -0.305. The minimum Gasteiger partial charge on any atom is -0.512 e. The largest absolute Gasteiger partial charge is 0.512 e. The van der Waals surface area contributed by atoms with E-state index in [4.69, 9.17) is 0 Å². The van der Waals surface area contributed by atoms with Gasteiger partial charge in [-0.15, -0.1) is 6.58 Å². The van der Waals surface area contributed by atoms with Crippen molar-refractivity contribution in [1.29, 1.82) is 0 Å². The van der Waals surface area contributed by atoms with Crippen LogP contribution in [0.15, 0.2) is 47.0 Å². The van der Waals surface area contributed by atoms with Crippen molar-refractivity contribution in [3.05, 3.63) is 58.2 Å². The Labute approximate surface area is 111 Å². The average Bonchev–Trinajstić information content (AvgIpc) is 2.37. The third-order valence-corrected chi connectivity index (χ3v) is 2.74. The number of allylic oxidation sites excluding steroid dienone is 2. The number of aromatic amines is 1. The maximum Gasteiger partial charge on any atom is 0.274 e. The molecule has 2 rings (SSSR count). The number of rotatable bonds is 4. The molecule has 0 saturated carbocycles. The smallest absolute Gasteiger partial charge is 0.274 e. The summed E-state index contributed by atoms with van der Waals surface area (Å²) in [7, 11) is 0. The van der Waals surface area contributed by atoms with E-state index in [9.17, 15) is 9.90 Å². The van der Waals surface area contributed by atoms with Gasteiger partial charge in [0.05, 0.1) is 16.8 Å². The Kier molecular flexibility index (Phi) is 3.80. The molecule has 0 amide bonds. The number of aliphatic hydroxyl groups is 1. The van der Waals surface area contributed by atoms with E-state index in [1.54, 1.807) is 6.07 Å². The molecule has 1 heterocycles. The van der Waals surface area contributed by atoms with Gasteiger partial charge < -0.3 is 10.1 Å². The lowest BCUT2D eigenvalue weighted by Gasteiger charge is -2.01. The highest BCUT2D eigenvalue weighted by Gasteiger charge is 2.03. The van der Waals surface area contributed by atoms with Crippen molar-refractivity contribution < 1.29 is 5.11 Å². The number of para-hydroxylation sites is 2. The Morgan fingerprint density at radius 2 is 2.16 bits per heavy atom. The number of aliphatic hydroxyl groups excluding tert-OH is 1. The highest BCUT2D eigenvalue weighted by Crippen LogP contribution is 2.11. The molecule has 0 saturated heterocycles. The molecule has 2 aromatic rings. The Bertz CT molecular complexity index is 699. The monoisotopic (exact) mass is 256 g/mol. The van der Waals surface area contributed by atoms with E-state index in [0.29, 0.717) is 23.9 Å². The fourth-order valence-electron chi connectivity index (χ4n) is 1.71. The summed E-state index contributed by atoms with van der Waals surface area (Å²) in [6.45, 7) is 5.67. The van der Waals surface area contributed by atoms with E-state index in [0.717, 1.165) is 5.57 Å². The number of benzene rings is 1. The zero-order chi connectivity index (χ0) is 13.8. The first kappa shape index (κ1) is 13.1. The molecular formula is C15H16N2O2. The topological polar surface area (TPSA) is 66.0 Å². The molecule has 0 aliphatic carbocycles. The maximum atomic E-state index is 11.8. The number of hydrogen-bond donors (Lipinski definition) is 2. The van der Waals surface area contributed by atoms with E-state index < -0.39 is 0 Å². The first-order chi connectivity index (χ1) is 9.06. The standard InChI is InChI=1S/C15H16N2O2/c1-10(2)7-8-11(18)9-14-15(19)17-13-6-4-3-5-12(13)16-14/h3-6,9,18H,1,7-8H2,2H3,(H,17,19). The molecule has 98 valence electrons. The molecule has 1 aromatic heterocycles. The quantitative estimate of drug-likeness (QED) is 0.652. The van der Waals surface area contributed by atoms with Crippen molar-refractivity contribution in [2.24, 2.45) is 0 Å². The molecule has 0 bridgehead atoms. The number of hydrogen-bond acceptors (Lipinski definition) is 3. The second-order valence-corrected chi connectivity index (χ2v) is 4.56. The number of fused-ring (bicyclic) bond motifs is 1. The van der Waals surface area contributed by atoms with Crippen LogP contribution in [0.25, 0.3) is 17.1 Å². The molecule has 4 nitrogen and oxygen atoms in total. The molecule has 0 unspecified atom stereocenters. The van der Waals surface area contributed by atoms with Crippen molar-refractivity contribution in [3.8, 4) is 0 Å². The predicted molar refractivity (Wildman–Crippen MR) is 77.0 cm³/mol. The van der Waals surface area contributed by atoms with Gasteiger partial charge in [0.15, 0.2) is 0 Å². The summed E-state index contributed by atoms with van der Waals surface area (Å²) in [6.07, 6.45) is 2.56. The van der Waals surface area contributed by atoms with E-state index in [1.807, 2.05) is 25.1 Å². The summed E-state index contributed by atoms with van der Waals surface area (Å²) < 4.78 is 0. The molecule has 0 aliphatic rings. The first-order valence-corrected chi connectivity index (χ1v) is 6.09. The lowest BCUT2D eigenvalue weighted by molar-refractivity contribution is 0.393. The van der Waals surface area contributed by atoms with Crippen LogP contribution in [0.2, 0.25) is 0 Å². The summed E-state index contributed by atoms with van der Waals surface area (Å²) in [6, 6.07) is 7.29. The molecule has 19 heavy (non-hydrogen) atoms. The van der Waals surface area contributed by atoms with Crippen LogP contribution in [0.4, 0.5) is 0 Å². The van der Waals surface area contributed by atoms with Gasteiger partial charge in [0, 0.05) is 12.5 Å². The molecular weight excluding hydrogens is 240 g/mol. The lowest BCUT2D eigenvalue weighted by Crippen LogP contribution is -2.12. The molecule has 0 spiro atoms. The van der Waals surface area contributed by atoms with Crippen LogP contribution in [-0.2, 0) is 0 Å². The summed E-state index contributed by atoms with van der Waals surface area (Å²) in [5.74, 6) is 0.135. The van der Waals surface area contributed by atoms with Crippen LogP contribution in [0.3, 0.4) is 0 Å². The van der Waals surface area contributed by atoms with E-state index in [-0.39, 0.29) is 17.0 Å². The molecule has 4 heteroatoms. The fourth-order valence-corrected chi connectivity index (χ4v) is 1.71. The van der Waals surface area contributed by atoms with Gasteiger partial charge in [0.25, 0.3) is 5.56 Å². The normalized spacial score (nSPS) is 11.7. The number of aromatic nitrogens is 2. The zero-order valence-corrected chi connectivity index (χ0v) is 10.8. The second-order valence-electron chi connectivity index (χ2n) is 4.56. The van der Waals surface area contributed by atoms with Crippen molar-refractivity contribution in [1.82, 2.24) is 9.97 Å². The maximum absolute atomic E-state index is 11.8. The Balaban J connectivity index is 2.34. The molecule has 0 radical (unpaired) electrons. The van der Waals surface area contributed by atoms with Gasteiger partial charge in [-0.05, 0) is 25.5 Å². The molecule has 0 atom stereocenters. The number of nitrogens with one attached hydrogen (secondary N) is 1. The second kappa shape index (κ2) is 5.52. The summed E-state index contributed by atoms with van der Waals surface area (Å²) >= 11 is 0. The Morgan fingerprint density at radius 3 is 2.89 bits per heavy atom. The van der Waals surface area contributed by atoms with Crippen molar-refractivity contribution in [3.63, 3.8) is 0 Å². The molecule has 0 aliphatic heterocycles. The third-order valence-electron chi connectivity index (χ3n) is 2.74. The minimum absolute atomic E-state index is 0.135. The van der Waals surface area contributed by atoms with Crippen LogP contribution in [-0.4, -0.2) is 15.1 Å².